The highest BCUT2D eigenvalue weighted by Gasteiger charge is 2.16. The van der Waals surface area contributed by atoms with Gasteiger partial charge in [0.05, 0.1) is 13.4 Å². The number of ether oxygens (including phenoxy) is 1. The first-order valence-corrected chi connectivity index (χ1v) is 9.08. The van der Waals surface area contributed by atoms with Gasteiger partial charge in [0.25, 0.3) is 0 Å². The van der Waals surface area contributed by atoms with E-state index in [1.165, 1.54) is 0 Å². The van der Waals surface area contributed by atoms with Gasteiger partial charge in [0, 0.05) is 35.6 Å². The van der Waals surface area contributed by atoms with E-state index in [1.807, 2.05) is 26.8 Å². The number of carbonyl (C=O) groups is 2. The quantitative estimate of drug-likeness (QED) is 0.507. The molecule has 6 heteroatoms. The summed E-state index contributed by atoms with van der Waals surface area (Å²) in [4.78, 5) is 22.7. The Morgan fingerprint density at radius 2 is 2.00 bits per heavy atom. The van der Waals surface area contributed by atoms with Gasteiger partial charge in [0.15, 0.2) is 0 Å². The molecule has 0 saturated carbocycles. The average molecular weight is 373 g/mol. The summed E-state index contributed by atoms with van der Waals surface area (Å²) in [6.45, 7) is 6.33. The summed E-state index contributed by atoms with van der Waals surface area (Å²) in [6.07, 6.45) is 5.61. The van der Waals surface area contributed by atoms with Crippen LogP contribution in [0.4, 0.5) is 0 Å². The van der Waals surface area contributed by atoms with Crippen molar-refractivity contribution < 1.29 is 23.8 Å². The lowest BCUT2D eigenvalue weighted by atomic mass is 9.98. The van der Waals surface area contributed by atoms with E-state index in [0.29, 0.717) is 18.7 Å². The van der Waals surface area contributed by atoms with Crippen molar-refractivity contribution in [1.29, 1.82) is 0 Å². The van der Waals surface area contributed by atoms with Crippen LogP contribution in [0.15, 0.2) is 22.8 Å². The fraction of sp³-hybridized carbons (Fsp3) is 0.429. The van der Waals surface area contributed by atoms with Crippen LogP contribution in [-0.2, 0) is 9.59 Å². The van der Waals surface area contributed by atoms with Gasteiger partial charge in [0.1, 0.15) is 11.3 Å². The number of hydrogen-bond donors (Lipinski definition) is 2. The Bertz CT molecular complexity index is 863. The average Bonchev–Trinajstić information content (AvgIpc) is 2.99. The maximum atomic E-state index is 12.2. The fourth-order valence-corrected chi connectivity index (χ4v) is 3.11. The van der Waals surface area contributed by atoms with E-state index in [0.717, 1.165) is 46.1 Å². The lowest BCUT2D eigenvalue weighted by Gasteiger charge is -2.13. The van der Waals surface area contributed by atoms with Crippen LogP contribution in [0.2, 0.25) is 0 Å². The molecule has 2 N–H and O–H groups in total. The number of furan rings is 1. The van der Waals surface area contributed by atoms with Crippen molar-refractivity contribution in [2.24, 2.45) is 0 Å². The van der Waals surface area contributed by atoms with Crippen LogP contribution < -0.4 is 10.1 Å². The Balaban J connectivity index is 2.07. The summed E-state index contributed by atoms with van der Waals surface area (Å²) < 4.78 is 11.2. The van der Waals surface area contributed by atoms with Gasteiger partial charge < -0.3 is 19.6 Å². The number of rotatable bonds is 9. The van der Waals surface area contributed by atoms with E-state index < -0.39 is 5.97 Å². The number of benzene rings is 1. The van der Waals surface area contributed by atoms with Crippen molar-refractivity contribution in [2.45, 2.75) is 46.5 Å². The van der Waals surface area contributed by atoms with Crippen LogP contribution in [0.3, 0.4) is 0 Å². The third kappa shape index (κ3) is 5.12. The van der Waals surface area contributed by atoms with Gasteiger partial charge in [-0.15, -0.1) is 0 Å². The summed E-state index contributed by atoms with van der Waals surface area (Å²) in [7, 11) is 1.61. The first-order chi connectivity index (χ1) is 12.8. The second-order valence-corrected chi connectivity index (χ2v) is 6.70. The van der Waals surface area contributed by atoms with Crippen LogP contribution >= 0.6 is 0 Å². The maximum Gasteiger partial charge on any atom is 0.303 e. The molecule has 0 aliphatic rings. The van der Waals surface area contributed by atoms with Gasteiger partial charge in [-0.05, 0) is 50.8 Å². The number of aliphatic carboxylic acids is 1. The fourth-order valence-electron chi connectivity index (χ4n) is 3.11. The molecule has 0 radical (unpaired) electrons. The number of fused-ring (bicyclic) bond motifs is 1. The molecule has 1 amide bonds. The summed E-state index contributed by atoms with van der Waals surface area (Å²) in [5.41, 5.74) is 4.41. The molecule has 0 bridgehead atoms. The highest BCUT2D eigenvalue weighted by molar-refractivity contribution is 5.98. The molecule has 2 aromatic rings. The predicted octanol–water partition coefficient (Wildman–Crippen LogP) is 4.22. The van der Waals surface area contributed by atoms with Gasteiger partial charge in [-0.2, -0.15) is 0 Å². The third-order valence-electron chi connectivity index (χ3n) is 4.58. The number of hydrogen-bond acceptors (Lipinski definition) is 4. The SMILES string of the molecule is COc1c(/C(C)=C/C(=O)NCCCCCC(=O)O)cc2c(C)coc2c1C. The van der Waals surface area contributed by atoms with Crippen molar-refractivity contribution in [2.75, 3.05) is 13.7 Å². The lowest BCUT2D eigenvalue weighted by Crippen LogP contribution is -2.22. The number of amides is 1. The predicted molar refractivity (Wildman–Crippen MR) is 105 cm³/mol. The van der Waals surface area contributed by atoms with Crippen molar-refractivity contribution in [1.82, 2.24) is 5.32 Å². The smallest absolute Gasteiger partial charge is 0.303 e. The zero-order chi connectivity index (χ0) is 20.0. The van der Waals surface area contributed by atoms with E-state index in [9.17, 15) is 9.59 Å². The molecular weight excluding hydrogens is 346 g/mol. The van der Waals surface area contributed by atoms with Crippen molar-refractivity contribution >= 4 is 28.4 Å². The molecule has 6 nitrogen and oxygen atoms in total. The van der Waals surface area contributed by atoms with E-state index in [2.05, 4.69) is 5.32 Å². The molecule has 1 aromatic heterocycles. The molecular formula is C21H27NO5. The molecule has 146 valence electrons. The maximum absolute atomic E-state index is 12.2. The highest BCUT2D eigenvalue weighted by atomic mass is 16.5. The van der Waals surface area contributed by atoms with E-state index >= 15 is 0 Å². The van der Waals surface area contributed by atoms with Gasteiger partial charge >= 0.3 is 5.97 Å². The molecule has 1 heterocycles. The molecule has 1 aromatic carbocycles. The standard InChI is InChI=1S/C21H27NO5/c1-13(10-18(23)22-9-7-5-6-8-19(24)25)16-11-17-14(2)12-27-21(17)15(3)20(16)26-4/h10-12H,5-9H2,1-4H3,(H,22,23)(H,24,25)/b13-10+. The summed E-state index contributed by atoms with van der Waals surface area (Å²) in [6, 6.07) is 1.99. The Labute approximate surface area is 159 Å². The second-order valence-electron chi connectivity index (χ2n) is 6.70. The number of carbonyl (C=O) groups excluding carboxylic acids is 1. The van der Waals surface area contributed by atoms with Crippen LogP contribution in [0.25, 0.3) is 16.5 Å². The van der Waals surface area contributed by atoms with Crippen molar-refractivity contribution in [3.8, 4) is 5.75 Å². The first-order valence-electron chi connectivity index (χ1n) is 9.08. The molecule has 0 fully saturated rings. The Kier molecular flexibility index (Phi) is 7.05. The number of carboxylic acids is 1. The largest absolute Gasteiger partial charge is 0.496 e. The van der Waals surface area contributed by atoms with Crippen LogP contribution in [0, 0.1) is 13.8 Å². The Morgan fingerprint density at radius 3 is 2.67 bits per heavy atom. The van der Waals surface area contributed by atoms with Gasteiger partial charge in [0.2, 0.25) is 5.91 Å². The molecule has 0 atom stereocenters. The minimum atomic E-state index is -0.785. The molecule has 0 unspecified atom stereocenters. The minimum absolute atomic E-state index is 0.169. The molecule has 2 rings (SSSR count). The summed E-state index contributed by atoms with van der Waals surface area (Å²) in [5, 5.41) is 12.5. The highest BCUT2D eigenvalue weighted by Crippen LogP contribution is 2.37. The van der Waals surface area contributed by atoms with E-state index in [1.54, 1.807) is 19.4 Å². The van der Waals surface area contributed by atoms with Gasteiger partial charge in [-0.1, -0.05) is 6.42 Å². The van der Waals surface area contributed by atoms with E-state index in [-0.39, 0.29) is 12.3 Å². The zero-order valence-electron chi connectivity index (χ0n) is 16.3. The topological polar surface area (TPSA) is 88.8 Å². The van der Waals surface area contributed by atoms with Crippen LogP contribution in [0.5, 0.6) is 5.75 Å². The Morgan fingerprint density at radius 1 is 1.26 bits per heavy atom. The Hall–Kier alpha value is -2.76. The molecule has 0 aliphatic heterocycles. The van der Waals surface area contributed by atoms with Gasteiger partial charge in [-0.25, -0.2) is 0 Å². The van der Waals surface area contributed by atoms with Crippen LogP contribution in [0.1, 0.15) is 49.3 Å². The lowest BCUT2D eigenvalue weighted by molar-refractivity contribution is -0.137. The molecule has 27 heavy (non-hydrogen) atoms. The normalized spacial score (nSPS) is 11.6. The number of aryl methyl sites for hydroxylation is 2. The minimum Gasteiger partial charge on any atom is -0.496 e. The second kappa shape index (κ2) is 9.26. The number of carboxylic acid groups (broad SMARTS) is 1. The molecule has 0 spiro atoms. The summed E-state index contributed by atoms with van der Waals surface area (Å²) in [5.74, 6) is -0.256. The monoisotopic (exact) mass is 373 g/mol. The number of unbranched alkanes of at least 4 members (excludes halogenated alkanes) is 2. The summed E-state index contributed by atoms with van der Waals surface area (Å²) >= 11 is 0. The molecule has 0 saturated heterocycles. The van der Waals surface area contributed by atoms with Crippen molar-refractivity contribution in [3.05, 3.63) is 35.1 Å². The first kappa shape index (κ1) is 20.6. The molecule has 0 aliphatic carbocycles. The van der Waals surface area contributed by atoms with Crippen LogP contribution in [-0.4, -0.2) is 30.6 Å². The number of allylic oxidation sites excluding steroid dienone is 1. The third-order valence-corrected chi connectivity index (χ3v) is 4.58. The van der Waals surface area contributed by atoms with Crippen molar-refractivity contribution in [3.63, 3.8) is 0 Å². The number of methoxy groups -OCH3 is 1. The number of nitrogens with one attached hydrogen (secondary N) is 1. The van der Waals surface area contributed by atoms with Gasteiger partial charge in [-0.3, -0.25) is 9.59 Å². The zero-order valence-corrected chi connectivity index (χ0v) is 16.3. The van der Waals surface area contributed by atoms with E-state index in [4.69, 9.17) is 14.3 Å².